The summed E-state index contributed by atoms with van der Waals surface area (Å²) in [6.07, 6.45) is 3.74. The van der Waals surface area contributed by atoms with Crippen LogP contribution in [0.15, 0.2) is 45.6 Å². The Labute approximate surface area is 130 Å². The van der Waals surface area contributed by atoms with Crippen molar-refractivity contribution in [3.63, 3.8) is 0 Å². The van der Waals surface area contributed by atoms with Crippen molar-refractivity contribution in [2.75, 3.05) is 7.11 Å². The highest BCUT2D eigenvalue weighted by atomic mass is 35.5. The standard InChI is InChI=1S/C14H12ClN3O4/c1-8(19)10(14(21)22-2)5-16-11-6-17-12-4-3-9(15)7-18(12)13(11)20/h3-7,19H,1-2H3/b10-8-,16-5?. The van der Waals surface area contributed by atoms with Gasteiger partial charge in [0.2, 0.25) is 0 Å². The van der Waals surface area contributed by atoms with Gasteiger partial charge in [0.1, 0.15) is 22.7 Å². The molecule has 8 heteroatoms. The van der Waals surface area contributed by atoms with Crippen LogP contribution in [0.25, 0.3) is 5.65 Å². The van der Waals surface area contributed by atoms with Gasteiger partial charge < -0.3 is 9.84 Å². The number of allylic oxidation sites excluding steroid dienone is 1. The molecule has 0 atom stereocenters. The van der Waals surface area contributed by atoms with Crippen LogP contribution in [0, 0.1) is 0 Å². The van der Waals surface area contributed by atoms with Crippen LogP contribution in [0.5, 0.6) is 0 Å². The Morgan fingerprint density at radius 2 is 2.23 bits per heavy atom. The van der Waals surface area contributed by atoms with Crippen LogP contribution in [0.4, 0.5) is 5.69 Å². The summed E-state index contributed by atoms with van der Waals surface area (Å²) in [7, 11) is 1.17. The molecule has 0 fully saturated rings. The van der Waals surface area contributed by atoms with Crippen molar-refractivity contribution >= 4 is 35.1 Å². The van der Waals surface area contributed by atoms with Gasteiger partial charge in [0.25, 0.3) is 5.56 Å². The number of carbonyl (C=O) groups is 1. The lowest BCUT2D eigenvalue weighted by Gasteiger charge is -2.02. The van der Waals surface area contributed by atoms with E-state index in [4.69, 9.17) is 11.6 Å². The molecule has 0 saturated carbocycles. The topological polar surface area (TPSA) is 93.3 Å². The SMILES string of the molecule is COC(=O)/C(C=Nc1cnc2ccc(Cl)cn2c1=O)=C(/C)O. The maximum Gasteiger partial charge on any atom is 0.342 e. The Kier molecular flexibility index (Phi) is 4.57. The fraction of sp³-hybridized carbons (Fsp3) is 0.143. The Hall–Kier alpha value is -2.67. The van der Waals surface area contributed by atoms with Gasteiger partial charge in [-0.25, -0.2) is 14.8 Å². The van der Waals surface area contributed by atoms with E-state index in [2.05, 4.69) is 14.7 Å². The number of methoxy groups -OCH3 is 1. The number of hydrogen-bond donors (Lipinski definition) is 1. The summed E-state index contributed by atoms with van der Waals surface area (Å²) in [6, 6.07) is 3.20. The summed E-state index contributed by atoms with van der Waals surface area (Å²) in [4.78, 5) is 31.7. The van der Waals surface area contributed by atoms with E-state index in [1.165, 1.54) is 30.8 Å². The van der Waals surface area contributed by atoms with Gasteiger partial charge in [-0.2, -0.15) is 0 Å². The highest BCUT2D eigenvalue weighted by Crippen LogP contribution is 2.11. The smallest absolute Gasteiger partial charge is 0.342 e. The third-order valence-electron chi connectivity index (χ3n) is 2.78. The number of fused-ring (bicyclic) bond motifs is 1. The van der Waals surface area contributed by atoms with Crippen molar-refractivity contribution in [1.82, 2.24) is 9.38 Å². The van der Waals surface area contributed by atoms with Crippen LogP contribution >= 0.6 is 11.6 Å². The van der Waals surface area contributed by atoms with Gasteiger partial charge in [-0.15, -0.1) is 0 Å². The highest BCUT2D eigenvalue weighted by Gasteiger charge is 2.11. The lowest BCUT2D eigenvalue weighted by Crippen LogP contribution is -2.14. The zero-order chi connectivity index (χ0) is 16.3. The molecule has 2 aromatic heterocycles. The molecule has 0 aromatic carbocycles. The van der Waals surface area contributed by atoms with E-state index in [0.29, 0.717) is 10.7 Å². The maximum atomic E-state index is 12.3. The predicted octanol–water partition coefficient (Wildman–Crippen LogP) is 2.06. The third-order valence-corrected chi connectivity index (χ3v) is 3.00. The number of aromatic nitrogens is 2. The molecule has 0 unspecified atom stereocenters. The van der Waals surface area contributed by atoms with E-state index < -0.39 is 11.5 Å². The number of hydrogen-bond acceptors (Lipinski definition) is 6. The average molecular weight is 322 g/mol. The van der Waals surface area contributed by atoms with E-state index in [-0.39, 0.29) is 17.0 Å². The largest absolute Gasteiger partial charge is 0.512 e. The molecular formula is C14H12ClN3O4. The third kappa shape index (κ3) is 3.15. The molecule has 0 amide bonds. The zero-order valence-corrected chi connectivity index (χ0v) is 12.5. The van der Waals surface area contributed by atoms with E-state index in [1.807, 2.05) is 0 Å². The quantitative estimate of drug-likeness (QED) is 0.404. The van der Waals surface area contributed by atoms with E-state index in [1.54, 1.807) is 12.1 Å². The molecule has 0 aliphatic carbocycles. The van der Waals surface area contributed by atoms with E-state index in [9.17, 15) is 14.7 Å². The number of rotatable bonds is 3. The molecule has 2 aromatic rings. The second kappa shape index (κ2) is 6.40. The summed E-state index contributed by atoms with van der Waals surface area (Å²) >= 11 is 5.84. The number of nitrogens with zero attached hydrogens (tertiary/aromatic N) is 3. The number of halogens is 1. The first-order valence-electron chi connectivity index (χ1n) is 6.13. The van der Waals surface area contributed by atoms with Crippen LogP contribution < -0.4 is 5.56 Å². The number of aliphatic hydroxyl groups is 1. The molecule has 0 aliphatic rings. The van der Waals surface area contributed by atoms with Gasteiger partial charge in [-0.3, -0.25) is 9.20 Å². The molecule has 2 heterocycles. The molecule has 7 nitrogen and oxygen atoms in total. The normalized spacial score (nSPS) is 12.5. The Morgan fingerprint density at radius 3 is 2.86 bits per heavy atom. The lowest BCUT2D eigenvalue weighted by atomic mass is 10.2. The van der Waals surface area contributed by atoms with E-state index >= 15 is 0 Å². The van der Waals surface area contributed by atoms with Crippen LogP contribution in [-0.2, 0) is 9.53 Å². The minimum absolute atomic E-state index is 0.0116. The Bertz CT molecular complexity index is 851. The fourth-order valence-electron chi connectivity index (χ4n) is 1.67. The molecule has 2 rings (SSSR count). The molecule has 114 valence electrons. The molecular weight excluding hydrogens is 310 g/mol. The minimum Gasteiger partial charge on any atom is -0.512 e. The van der Waals surface area contributed by atoms with Gasteiger partial charge in [-0.1, -0.05) is 11.6 Å². The molecule has 0 bridgehead atoms. The second-order valence-corrected chi connectivity index (χ2v) is 4.71. The number of aliphatic imine (C=N–C) groups is 1. The van der Waals surface area contributed by atoms with Gasteiger partial charge in [0.15, 0.2) is 0 Å². The summed E-state index contributed by atoms with van der Waals surface area (Å²) in [5, 5.41) is 9.81. The molecule has 22 heavy (non-hydrogen) atoms. The summed E-state index contributed by atoms with van der Waals surface area (Å²) in [5.41, 5.74) is -0.209. The van der Waals surface area contributed by atoms with Crippen molar-refractivity contribution in [2.45, 2.75) is 6.92 Å². The molecule has 1 N–H and O–H groups in total. The first kappa shape index (κ1) is 15.7. The average Bonchev–Trinajstić information content (AvgIpc) is 2.49. The maximum absolute atomic E-state index is 12.3. The molecule has 0 spiro atoms. The monoisotopic (exact) mass is 321 g/mol. The van der Waals surface area contributed by atoms with Crippen molar-refractivity contribution in [3.8, 4) is 0 Å². The van der Waals surface area contributed by atoms with Crippen LogP contribution in [0.2, 0.25) is 5.02 Å². The summed E-state index contributed by atoms with van der Waals surface area (Å²) < 4.78 is 5.75. The number of pyridine rings is 1. The summed E-state index contributed by atoms with van der Waals surface area (Å²) in [5.74, 6) is -1.03. The highest BCUT2D eigenvalue weighted by molar-refractivity contribution is 6.30. The zero-order valence-electron chi connectivity index (χ0n) is 11.8. The number of ether oxygens (including phenoxy) is 1. The van der Waals surface area contributed by atoms with Gasteiger partial charge >= 0.3 is 5.97 Å². The van der Waals surface area contributed by atoms with Crippen LogP contribution in [-0.4, -0.2) is 33.8 Å². The van der Waals surface area contributed by atoms with Gasteiger partial charge in [0.05, 0.1) is 18.3 Å². The van der Waals surface area contributed by atoms with Crippen molar-refractivity contribution in [2.24, 2.45) is 4.99 Å². The number of aliphatic hydroxyl groups excluding tert-OH is 1. The second-order valence-electron chi connectivity index (χ2n) is 4.27. The van der Waals surface area contributed by atoms with Crippen molar-refractivity contribution < 1.29 is 14.6 Å². The summed E-state index contributed by atoms with van der Waals surface area (Å²) in [6.45, 7) is 1.31. The predicted molar refractivity (Wildman–Crippen MR) is 82.0 cm³/mol. The Balaban J connectivity index is 2.50. The van der Waals surface area contributed by atoms with Crippen LogP contribution in [0.1, 0.15) is 6.92 Å². The number of carbonyl (C=O) groups excluding carboxylic acids is 1. The molecule has 0 saturated heterocycles. The van der Waals surface area contributed by atoms with Gasteiger partial charge in [-0.05, 0) is 19.1 Å². The van der Waals surface area contributed by atoms with Crippen molar-refractivity contribution in [1.29, 1.82) is 0 Å². The number of esters is 1. The van der Waals surface area contributed by atoms with Crippen LogP contribution in [0.3, 0.4) is 0 Å². The first-order valence-corrected chi connectivity index (χ1v) is 6.51. The molecule has 0 aliphatic heterocycles. The fourth-order valence-corrected chi connectivity index (χ4v) is 1.83. The lowest BCUT2D eigenvalue weighted by molar-refractivity contribution is -0.135. The van der Waals surface area contributed by atoms with E-state index in [0.717, 1.165) is 6.21 Å². The Morgan fingerprint density at radius 1 is 1.50 bits per heavy atom. The minimum atomic E-state index is -0.763. The molecule has 0 radical (unpaired) electrons. The first-order chi connectivity index (χ1) is 10.4. The van der Waals surface area contributed by atoms with Gasteiger partial charge in [0, 0.05) is 12.4 Å². The van der Waals surface area contributed by atoms with Crippen molar-refractivity contribution in [3.05, 3.63) is 51.2 Å².